The lowest BCUT2D eigenvalue weighted by Gasteiger charge is -2.17. The number of benzene rings is 6. The molecular formula is C37H21NS2. The first-order valence-electron chi connectivity index (χ1n) is 13.2. The van der Waals surface area contributed by atoms with Crippen LogP contribution in [0.2, 0.25) is 0 Å². The summed E-state index contributed by atoms with van der Waals surface area (Å²) in [5.41, 5.74) is 7.38. The Hall–Kier alpha value is -4.75. The van der Waals surface area contributed by atoms with Gasteiger partial charge in [0.1, 0.15) is 0 Å². The highest BCUT2D eigenvalue weighted by atomic mass is 32.1. The third-order valence-electron chi connectivity index (χ3n) is 7.76. The largest absolute Gasteiger partial charge is 0.192 e. The maximum absolute atomic E-state index is 10.00. The van der Waals surface area contributed by atoms with E-state index >= 15 is 0 Å². The Balaban J connectivity index is 1.43. The van der Waals surface area contributed by atoms with Crippen LogP contribution in [0.4, 0.5) is 0 Å². The molecule has 2 aromatic heterocycles. The van der Waals surface area contributed by atoms with Crippen LogP contribution in [0, 0.1) is 11.3 Å². The number of thiophene rings is 2. The first-order valence-corrected chi connectivity index (χ1v) is 14.9. The van der Waals surface area contributed by atoms with Gasteiger partial charge in [0.15, 0.2) is 0 Å². The highest BCUT2D eigenvalue weighted by Crippen LogP contribution is 2.45. The zero-order valence-corrected chi connectivity index (χ0v) is 23.0. The van der Waals surface area contributed by atoms with E-state index in [1.165, 1.54) is 51.5 Å². The number of rotatable bonds is 3. The molecule has 0 aliphatic heterocycles. The van der Waals surface area contributed by atoms with E-state index in [9.17, 15) is 5.26 Å². The van der Waals surface area contributed by atoms with Gasteiger partial charge in [0.2, 0.25) is 0 Å². The van der Waals surface area contributed by atoms with Crippen LogP contribution < -0.4 is 0 Å². The van der Waals surface area contributed by atoms with E-state index in [4.69, 9.17) is 0 Å². The molecule has 8 rings (SSSR count). The molecular weight excluding hydrogens is 523 g/mol. The third kappa shape index (κ3) is 3.58. The average Bonchev–Trinajstić information content (AvgIpc) is 3.58. The molecule has 0 N–H and O–H groups in total. The first-order chi connectivity index (χ1) is 19.8. The Morgan fingerprint density at radius 2 is 1.02 bits per heavy atom. The van der Waals surface area contributed by atoms with Crippen LogP contribution in [0.5, 0.6) is 0 Å². The van der Waals surface area contributed by atoms with E-state index in [0.29, 0.717) is 5.56 Å². The maximum atomic E-state index is 10.00. The SMILES string of the molecule is N#Cc1ccccc1-c1cccc(-c2ccc3c(c2)sc2ccccc23)c1-c1ccc2sc3ccccc3c2c1. The highest BCUT2D eigenvalue weighted by molar-refractivity contribution is 7.26. The number of hydrogen-bond acceptors (Lipinski definition) is 3. The van der Waals surface area contributed by atoms with Crippen molar-refractivity contribution in [1.82, 2.24) is 0 Å². The Kier molecular flexibility index (Phi) is 5.31. The lowest BCUT2D eigenvalue weighted by molar-refractivity contribution is 1.48. The summed E-state index contributed by atoms with van der Waals surface area (Å²) in [6.07, 6.45) is 0. The summed E-state index contributed by atoms with van der Waals surface area (Å²) in [7, 11) is 0. The number of fused-ring (bicyclic) bond motifs is 6. The molecule has 6 aromatic carbocycles. The van der Waals surface area contributed by atoms with Crippen LogP contribution in [0.25, 0.3) is 73.7 Å². The van der Waals surface area contributed by atoms with Gasteiger partial charge in [-0.3, -0.25) is 0 Å². The van der Waals surface area contributed by atoms with Crippen molar-refractivity contribution in [3.8, 4) is 39.4 Å². The van der Waals surface area contributed by atoms with Crippen molar-refractivity contribution in [2.45, 2.75) is 0 Å². The van der Waals surface area contributed by atoms with Crippen molar-refractivity contribution in [3.63, 3.8) is 0 Å². The molecule has 8 aromatic rings. The van der Waals surface area contributed by atoms with Gasteiger partial charge in [-0.05, 0) is 64.2 Å². The molecule has 0 aliphatic rings. The number of hydrogen-bond donors (Lipinski definition) is 0. The van der Waals surface area contributed by atoms with E-state index in [-0.39, 0.29) is 0 Å². The number of nitrogens with zero attached hydrogens (tertiary/aromatic N) is 1. The van der Waals surface area contributed by atoms with E-state index in [1.54, 1.807) is 0 Å². The van der Waals surface area contributed by atoms with Gasteiger partial charge in [-0.2, -0.15) is 5.26 Å². The first kappa shape index (κ1) is 23.2. The van der Waals surface area contributed by atoms with Gasteiger partial charge in [0.25, 0.3) is 0 Å². The second-order valence-electron chi connectivity index (χ2n) is 10.0. The minimum atomic E-state index is 0.683. The average molecular weight is 544 g/mol. The Morgan fingerprint density at radius 1 is 0.425 bits per heavy atom. The molecule has 0 atom stereocenters. The molecule has 0 saturated carbocycles. The lowest BCUT2D eigenvalue weighted by atomic mass is 9.86. The molecule has 40 heavy (non-hydrogen) atoms. The smallest absolute Gasteiger partial charge is 0.0998 e. The van der Waals surface area contributed by atoms with Crippen molar-refractivity contribution >= 4 is 63.0 Å². The van der Waals surface area contributed by atoms with Gasteiger partial charge in [-0.25, -0.2) is 0 Å². The van der Waals surface area contributed by atoms with Crippen molar-refractivity contribution in [1.29, 1.82) is 5.26 Å². The van der Waals surface area contributed by atoms with E-state index in [0.717, 1.165) is 22.3 Å². The quantitative estimate of drug-likeness (QED) is 0.217. The van der Waals surface area contributed by atoms with Crippen LogP contribution in [-0.2, 0) is 0 Å². The van der Waals surface area contributed by atoms with Crippen LogP contribution in [0.15, 0.2) is 127 Å². The lowest BCUT2D eigenvalue weighted by Crippen LogP contribution is -1.92. The summed E-state index contributed by atoms with van der Waals surface area (Å²) in [5, 5.41) is 15.2. The van der Waals surface area contributed by atoms with Crippen LogP contribution in [-0.4, -0.2) is 0 Å². The summed E-state index contributed by atoms with van der Waals surface area (Å²) in [6.45, 7) is 0. The van der Waals surface area contributed by atoms with Crippen molar-refractivity contribution < 1.29 is 0 Å². The summed E-state index contributed by atoms with van der Waals surface area (Å²) in [4.78, 5) is 0. The molecule has 2 heterocycles. The van der Waals surface area contributed by atoms with Gasteiger partial charge in [-0.15, -0.1) is 22.7 Å². The molecule has 186 valence electrons. The molecule has 0 aliphatic carbocycles. The Labute approximate surface area is 239 Å². The van der Waals surface area contributed by atoms with Crippen molar-refractivity contribution in [2.75, 3.05) is 0 Å². The zero-order valence-electron chi connectivity index (χ0n) is 21.4. The fourth-order valence-corrected chi connectivity index (χ4v) is 8.15. The fraction of sp³-hybridized carbons (Fsp3) is 0. The molecule has 3 heteroatoms. The molecule has 0 spiro atoms. The second-order valence-corrected chi connectivity index (χ2v) is 12.2. The van der Waals surface area contributed by atoms with Gasteiger partial charge < -0.3 is 0 Å². The van der Waals surface area contributed by atoms with Crippen LogP contribution in [0.3, 0.4) is 0 Å². The standard InChI is InChI=1S/C37H21NS2/c38-22-25-8-1-2-9-26(25)31-13-7-12-27(23-16-18-30-28-10-3-5-14-33(28)40-36(30)21-23)37(31)24-17-19-35-32(20-24)29-11-4-6-15-34(29)39-35/h1-21H. The molecule has 0 bridgehead atoms. The van der Waals surface area contributed by atoms with Crippen LogP contribution in [0.1, 0.15) is 5.56 Å². The molecule has 0 unspecified atom stereocenters. The van der Waals surface area contributed by atoms with Crippen LogP contribution >= 0.6 is 22.7 Å². The molecule has 0 radical (unpaired) electrons. The summed E-state index contributed by atoms with van der Waals surface area (Å²) in [6, 6.07) is 47.8. The molecule has 1 nitrogen and oxygen atoms in total. The zero-order chi connectivity index (χ0) is 26.6. The van der Waals surface area contributed by atoms with Gasteiger partial charge >= 0.3 is 0 Å². The van der Waals surface area contributed by atoms with Gasteiger partial charge in [-0.1, -0.05) is 91.0 Å². The fourth-order valence-electron chi connectivity index (χ4n) is 5.92. The van der Waals surface area contributed by atoms with E-state index in [1.807, 2.05) is 40.9 Å². The topological polar surface area (TPSA) is 23.8 Å². The second kappa shape index (κ2) is 9.17. The van der Waals surface area contributed by atoms with Gasteiger partial charge in [0.05, 0.1) is 11.6 Å². The Morgan fingerprint density at radius 3 is 1.85 bits per heavy atom. The Bertz CT molecular complexity index is 2290. The predicted octanol–water partition coefficient (Wildman–Crippen LogP) is 11.3. The molecule has 0 fully saturated rings. The normalized spacial score (nSPS) is 11.5. The van der Waals surface area contributed by atoms with Crippen molar-refractivity contribution in [2.24, 2.45) is 0 Å². The summed E-state index contributed by atoms with van der Waals surface area (Å²) in [5.74, 6) is 0. The summed E-state index contributed by atoms with van der Waals surface area (Å²) >= 11 is 3.68. The van der Waals surface area contributed by atoms with E-state index in [2.05, 4.69) is 115 Å². The summed E-state index contributed by atoms with van der Waals surface area (Å²) < 4.78 is 5.18. The predicted molar refractivity (Wildman–Crippen MR) is 173 cm³/mol. The van der Waals surface area contributed by atoms with Crippen molar-refractivity contribution in [3.05, 3.63) is 133 Å². The minimum absolute atomic E-state index is 0.683. The third-order valence-corrected chi connectivity index (χ3v) is 10.0. The van der Waals surface area contributed by atoms with Gasteiger partial charge in [0, 0.05) is 45.9 Å². The number of nitriles is 1. The monoisotopic (exact) mass is 543 g/mol. The molecule has 0 saturated heterocycles. The molecule has 0 amide bonds. The highest BCUT2D eigenvalue weighted by Gasteiger charge is 2.18. The minimum Gasteiger partial charge on any atom is -0.192 e. The van der Waals surface area contributed by atoms with E-state index < -0.39 is 0 Å². The maximum Gasteiger partial charge on any atom is 0.0998 e.